The van der Waals surface area contributed by atoms with Crippen LogP contribution in [0.15, 0.2) is 12.3 Å². The molecule has 58 valence electrons. The molecule has 0 aliphatic carbocycles. The number of hydrogen-bond donors (Lipinski definition) is 3. The van der Waals surface area contributed by atoms with Crippen LogP contribution < -0.4 is 17.0 Å². The van der Waals surface area contributed by atoms with E-state index in [4.69, 9.17) is 11.6 Å². The Morgan fingerprint density at radius 1 is 1.64 bits per heavy atom. The zero-order chi connectivity index (χ0) is 8.27. The molecule has 0 unspecified atom stereocenters. The Kier molecular flexibility index (Phi) is 1.98. The number of hydrazine groups is 1. The van der Waals surface area contributed by atoms with Gasteiger partial charge < -0.3 is 5.73 Å². The van der Waals surface area contributed by atoms with Gasteiger partial charge in [0.05, 0.1) is 0 Å². The number of rotatable bonds is 1. The maximum absolute atomic E-state index is 10.8. The van der Waals surface area contributed by atoms with Gasteiger partial charge in [-0.1, -0.05) is 0 Å². The average Bonchev–Trinajstić information content (AvgIpc) is 2.03. The number of hydrogen-bond acceptors (Lipinski definition) is 5. The fraction of sp³-hybridized carbons (Fsp3) is 0. The van der Waals surface area contributed by atoms with Gasteiger partial charge in [-0.3, -0.25) is 10.2 Å². The highest BCUT2D eigenvalue weighted by Crippen LogP contribution is 1.94. The van der Waals surface area contributed by atoms with Gasteiger partial charge in [0.15, 0.2) is 0 Å². The second-order valence-electron chi connectivity index (χ2n) is 1.77. The van der Waals surface area contributed by atoms with Gasteiger partial charge in [-0.2, -0.15) is 0 Å². The van der Waals surface area contributed by atoms with Crippen molar-refractivity contribution in [3.8, 4) is 0 Å². The molecule has 6 heteroatoms. The molecule has 11 heavy (non-hydrogen) atoms. The summed E-state index contributed by atoms with van der Waals surface area (Å²) in [5, 5.41) is 0. The van der Waals surface area contributed by atoms with Crippen LogP contribution in [0.5, 0.6) is 0 Å². The molecule has 0 aromatic carbocycles. The normalized spacial score (nSPS) is 9.18. The molecule has 0 fully saturated rings. The molecule has 0 saturated heterocycles. The Balaban J connectivity index is 2.96. The first-order valence-corrected chi connectivity index (χ1v) is 2.83. The lowest BCUT2D eigenvalue weighted by molar-refractivity contribution is 0.0948. The van der Waals surface area contributed by atoms with E-state index in [9.17, 15) is 4.79 Å². The lowest BCUT2D eigenvalue weighted by Crippen LogP contribution is -2.30. The third-order valence-electron chi connectivity index (χ3n) is 1.04. The molecule has 1 heterocycles. The van der Waals surface area contributed by atoms with E-state index < -0.39 is 5.91 Å². The first-order valence-electron chi connectivity index (χ1n) is 2.83. The number of anilines is 1. The minimum atomic E-state index is -0.487. The summed E-state index contributed by atoms with van der Waals surface area (Å²) in [5.74, 6) is 4.41. The maximum atomic E-state index is 10.8. The molecule has 1 aromatic rings. The second-order valence-corrected chi connectivity index (χ2v) is 1.77. The first kappa shape index (κ1) is 7.42. The summed E-state index contributed by atoms with van der Waals surface area (Å²) in [7, 11) is 0. The van der Waals surface area contributed by atoms with Crippen molar-refractivity contribution in [2.75, 3.05) is 5.73 Å². The number of carbonyl (C=O) groups is 1. The second kappa shape index (κ2) is 2.93. The summed E-state index contributed by atoms with van der Waals surface area (Å²) in [5.41, 5.74) is 7.28. The molecule has 0 aliphatic rings. The highest BCUT2D eigenvalue weighted by molar-refractivity contribution is 5.91. The number of carbonyl (C=O) groups excluding carboxylic acids is 1. The van der Waals surface area contributed by atoms with E-state index in [0.717, 1.165) is 0 Å². The van der Waals surface area contributed by atoms with Gasteiger partial charge in [-0.05, 0) is 6.07 Å². The number of nitrogens with one attached hydrogen (secondary N) is 1. The fourth-order valence-corrected chi connectivity index (χ4v) is 0.574. The van der Waals surface area contributed by atoms with Crippen molar-refractivity contribution < 1.29 is 4.79 Å². The van der Waals surface area contributed by atoms with Crippen LogP contribution in [0.25, 0.3) is 0 Å². The minimum Gasteiger partial charge on any atom is -0.368 e. The van der Waals surface area contributed by atoms with E-state index in [1.54, 1.807) is 0 Å². The monoisotopic (exact) mass is 153 g/mol. The van der Waals surface area contributed by atoms with E-state index in [1.807, 2.05) is 5.43 Å². The molecule has 0 saturated carbocycles. The van der Waals surface area contributed by atoms with Gasteiger partial charge in [0.2, 0.25) is 5.95 Å². The lowest BCUT2D eigenvalue weighted by atomic mass is 10.4. The molecule has 5 N–H and O–H groups in total. The first-order chi connectivity index (χ1) is 5.24. The molecular weight excluding hydrogens is 146 g/mol. The predicted octanol–water partition coefficient (Wildman–Crippen LogP) is -1.34. The van der Waals surface area contributed by atoms with Crippen LogP contribution >= 0.6 is 0 Å². The SMILES string of the molecule is NNC(=O)c1ccnc(N)n1. The summed E-state index contributed by atoms with van der Waals surface area (Å²) in [6.07, 6.45) is 1.38. The number of amides is 1. The number of nitrogens with zero attached hydrogens (tertiary/aromatic N) is 2. The number of aromatic nitrogens is 2. The molecule has 0 spiro atoms. The molecule has 0 bridgehead atoms. The minimum absolute atomic E-state index is 0.0473. The summed E-state index contributed by atoms with van der Waals surface area (Å²) in [6, 6.07) is 1.42. The molecule has 0 radical (unpaired) electrons. The van der Waals surface area contributed by atoms with Crippen molar-refractivity contribution in [3.05, 3.63) is 18.0 Å². The van der Waals surface area contributed by atoms with Crippen LogP contribution in [0, 0.1) is 0 Å². The predicted molar refractivity (Wildman–Crippen MR) is 38.1 cm³/mol. The van der Waals surface area contributed by atoms with Crippen molar-refractivity contribution in [2.24, 2.45) is 5.84 Å². The van der Waals surface area contributed by atoms with Crippen LogP contribution in [-0.2, 0) is 0 Å². The summed E-state index contributed by atoms with van der Waals surface area (Å²) in [6.45, 7) is 0. The maximum Gasteiger partial charge on any atom is 0.283 e. The van der Waals surface area contributed by atoms with Gasteiger partial charge >= 0.3 is 0 Å². The summed E-state index contributed by atoms with van der Waals surface area (Å²) in [4.78, 5) is 18.0. The quantitative estimate of drug-likeness (QED) is 0.263. The van der Waals surface area contributed by atoms with Gasteiger partial charge in [-0.25, -0.2) is 15.8 Å². The molecule has 1 rings (SSSR count). The van der Waals surface area contributed by atoms with E-state index in [0.29, 0.717) is 0 Å². The van der Waals surface area contributed by atoms with E-state index in [1.165, 1.54) is 12.3 Å². The van der Waals surface area contributed by atoms with Crippen LogP contribution in [0.4, 0.5) is 5.95 Å². The molecule has 0 aliphatic heterocycles. The number of nitrogens with two attached hydrogens (primary N) is 2. The Labute approximate surface area is 62.6 Å². The zero-order valence-corrected chi connectivity index (χ0v) is 5.61. The Morgan fingerprint density at radius 3 is 2.91 bits per heavy atom. The molecule has 1 amide bonds. The van der Waals surface area contributed by atoms with E-state index in [2.05, 4.69) is 9.97 Å². The van der Waals surface area contributed by atoms with Crippen molar-refractivity contribution in [1.82, 2.24) is 15.4 Å². The van der Waals surface area contributed by atoms with Gasteiger partial charge in [0.25, 0.3) is 5.91 Å². The highest BCUT2D eigenvalue weighted by atomic mass is 16.2. The zero-order valence-electron chi connectivity index (χ0n) is 5.61. The van der Waals surface area contributed by atoms with Gasteiger partial charge in [0.1, 0.15) is 5.69 Å². The van der Waals surface area contributed by atoms with Crippen molar-refractivity contribution in [1.29, 1.82) is 0 Å². The Morgan fingerprint density at radius 2 is 2.36 bits per heavy atom. The van der Waals surface area contributed by atoms with Crippen LogP contribution in [0.1, 0.15) is 10.5 Å². The Hall–Kier alpha value is -1.69. The van der Waals surface area contributed by atoms with Gasteiger partial charge in [-0.15, -0.1) is 0 Å². The van der Waals surface area contributed by atoms with E-state index >= 15 is 0 Å². The van der Waals surface area contributed by atoms with Crippen LogP contribution in [0.2, 0.25) is 0 Å². The summed E-state index contributed by atoms with van der Waals surface area (Å²) < 4.78 is 0. The van der Waals surface area contributed by atoms with Gasteiger partial charge in [0, 0.05) is 6.20 Å². The summed E-state index contributed by atoms with van der Waals surface area (Å²) >= 11 is 0. The molecule has 0 atom stereocenters. The highest BCUT2D eigenvalue weighted by Gasteiger charge is 2.03. The third-order valence-corrected chi connectivity index (χ3v) is 1.04. The van der Waals surface area contributed by atoms with Crippen LogP contribution in [0.3, 0.4) is 0 Å². The fourth-order valence-electron chi connectivity index (χ4n) is 0.574. The molecule has 6 nitrogen and oxygen atoms in total. The van der Waals surface area contributed by atoms with Crippen LogP contribution in [-0.4, -0.2) is 15.9 Å². The smallest absolute Gasteiger partial charge is 0.283 e. The van der Waals surface area contributed by atoms with Crippen molar-refractivity contribution in [2.45, 2.75) is 0 Å². The molecular formula is C5H7N5O. The largest absolute Gasteiger partial charge is 0.368 e. The Bertz CT molecular complexity index is 273. The standard InChI is InChI=1S/C5H7N5O/c6-5-8-2-1-3(9-5)4(11)10-7/h1-2H,7H2,(H,10,11)(H2,6,8,9). The number of nitrogen functional groups attached to an aromatic ring is 2. The lowest BCUT2D eigenvalue weighted by Gasteiger charge is -1.97. The van der Waals surface area contributed by atoms with Crippen molar-refractivity contribution in [3.63, 3.8) is 0 Å². The topological polar surface area (TPSA) is 107 Å². The van der Waals surface area contributed by atoms with E-state index in [-0.39, 0.29) is 11.6 Å². The molecule has 1 aromatic heterocycles. The van der Waals surface area contributed by atoms with Crippen molar-refractivity contribution >= 4 is 11.9 Å². The average molecular weight is 153 g/mol. The third kappa shape index (κ3) is 1.62.